The van der Waals surface area contributed by atoms with E-state index in [9.17, 15) is 4.79 Å². The molecule has 1 atom stereocenters. The molecule has 5 nitrogen and oxygen atoms in total. The average molecular weight is 289 g/mol. The number of carbonyl (C=O) groups excluding carboxylic acids is 1. The lowest BCUT2D eigenvalue weighted by atomic mass is 10.1. The molecule has 2 aliphatic rings. The largest absolute Gasteiger partial charge is 0.497 e. The maximum absolute atomic E-state index is 12.1. The molecule has 1 aromatic carbocycles. The molecule has 3 rings (SSSR count). The number of amides is 1. The monoisotopic (exact) mass is 289 g/mol. The van der Waals surface area contributed by atoms with Crippen LogP contribution in [0.4, 0.5) is 0 Å². The molecule has 2 saturated heterocycles. The van der Waals surface area contributed by atoms with Crippen LogP contribution in [-0.2, 0) is 4.79 Å². The van der Waals surface area contributed by atoms with Gasteiger partial charge in [0.15, 0.2) is 0 Å². The van der Waals surface area contributed by atoms with E-state index in [-0.39, 0.29) is 12.1 Å². The van der Waals surface area contributed by atoms with Crippen molar-refractivity contribution in [3.05, 3.63) is 29.8 Å². The summed E-state index contributed by atoms with van der Waals surface area (Å²) in [5.41, 5.74) is 1.08. The van der Waals surface area contributed by atoms with Crippen molar-refractivity contribution in [3.63, 3.8) is 0 Å². The molecule has 0 aromatic heterocycles. The van der Waals surface area contributed by atoms with Gasteiger partial charge in [0, 0.05) is 13.1 Å². The van der Waals surface area contributed by atoms with Crippen molar-refractivity contribution >= 4 is 5.91 Å². The third-order valence-corrected chi connectivity index (χ3v) is 4.34. The zero-order valence-corrected chi connectivity index (χ0v) is 12.5. The Morgan fingerprint density at radius 2 is 2.10 bits per heavy atom. The van der Waals surface area contributed by atoms with Crippen LogP contribution in [0.15, 0.2) is 24.3 Å². The number of nitrogens with zero attached hydrogens (tertiary/aromatic N) is 2. The molecule has 0 saturated carbocycles. The number of hydrogen-bond acceptors (Lipinski definition) is 4. The standard InChI is InChI=1S/C16H23N3O2/c1-21-14-6-4-5-13(11-14)16-17-12-15(20)19(16)10-9-18-7-2-3-8-18/h4-6,11,16-17H,2-3,7-10,12H2,1H3. The smallest absolute Gasteiger partial charge is 0.238 e. The maximum Gasteiger partial charge on any atom is 0.238 e. The van der Waals surface area contributed by atoms with Crippen molar-refractivity contribution in [2.24, 2.45) is 0 Å². The van der Waals surface area contributed by atoms with Gasteiger partial charge < -0.3 is 14.5 Å². The molecule has 114 valence electrons. The summed E-state index contributed by atoms with van der Waals surface area (Å²) in [7, 11) is 1.66. The first-order valence-electron chi connectivity index (χ1n) is 7.67. The van der Waals surface area contributed by atoms with Crippen LogP contribution in [0.3, 0.4) is 0 Å². The van der Waals surface area contributed by atoms with Crippen molar-refractivity contribution in [2.45, 2.75) is 19.0 Å². The van der Waals surface area contributed by atoms with E-state index in [0.717, 1.165) is 24.4 Å². The molecule has 1 aromatic rings. The molecular weight excluding hydrogens is 266 g/mol. The van der Waals surface area contributed by atoms with E-state index in [1.54, 1.807) is 7.11 Å². The lowest BCUT2D eigenvalue weighted by Crippen LogP contribution is -2.37. The minimum Gasteiger partial charge on any atom is -0.497 e. The molecule has 1 N–H and O–H groups in total. The Bertz CT molecular complexity index is 500. The maximum atomic E-state index is 12.1. The molecule has 5 heteroatoms. The van der Waals surface area contributed by atoms with E-state index in [1.807, 2.05) is 29.2 Å². The highest BCUT2D eigenvalue weighted by molar-refractivity contribution is 5.81. The van der Waals surface area contributed by atoms with Gasteiger partial charge in [-0.25, -0.2) is 0 Å². The topological polar surface area (TPSA) is 44.8 Å². The van der Waals surface area contributed by atoms with E-state index >= 15 is 0 Å². The van der Waals surface area contributed by atoms with Crippen molar-refractivity contribution in [1.82, 2.24) is 15.1 Å². The summed E-state index contributed by atoms with van der Waals surface area (Å²) in [4.78, 5) is 16.5. The second kappa shape index (κ2) is 6.45. The second-order valence-corrected chi connectivity index (χ2v) is 5.70. The Kier molecular flexibility index (Phi) is 4.41. The SMILES string of the molecule is COc1cccc(C2NCC(=O)N2CCN2CCCC2)c1. The van der Waals surface area contributed by atoms with Gasteiger partial charge in [-0.05, 0) is 43.6 Å². The van der Waals surface area contributed by atoms with Crippen LogP contribution < -0.4 is 10.1 Å². The Morgan fingerprint density at radius 3 is 2.86 bits per heavy atom. The summed E-state index contributed by atoms with van der Waals surface area (Å²) in [5.74, 6) is 1.01. The number of methoxy groups -OCH3 is 1. The molecule has 21 heavy (non-hydrogen) atoms. The first-order valence-corrected chi connectivity index (χ1v) is 7.67. The summed E-state index contributed by atoms with van der Waals surface area (Å²) >= 11 is 0. The molecule has 0 bridgehead atoms. The van der Waals surface area contributed by atoms with Crippen molar-refractivity contribution in [3.8, 4) is 5.75 Å². The molecule has 2 fully saturated rings. The third kappa shape index (κ3) is 3.19. The fourth-order valence-electron chi connectivity index (χ4n) is 3.16. The summed E-state index contributed by atoms with van der Waals surface area (Å²) in [6.45, 7) is 4.50. The lowest BCUT2D eigenvalue weighted by Gasteiger charge is -2.27. The molecule has 1 amide bonds. The fourth-order valence-corrected chi connectivity index (χ4v) is 3.16. The van der Waals surface area contributed by atoms with Crippen LogP contribution in [0.2, 0.25) is 0 Å². The van der Waals surface area contributed by atoms with Crippen molar-refractivity contribution < 1.29 is 9.53 Å². The number of likely N-dealkylation sites (tertiary alicyclic amines) is 1. The first-order chi connectivity index (χ1) is 10.3. The first kappa shape index (κ1) is 14.4. The predicted molar refractivity (Wildman–Crippen MR) is 81.1 cm³/mol. The quantitative estimate of drug-likeness (QED) is 0.885. The number of nitrogens with one attached hydrogen (secondary N) is 1. The summed E-state index contributed by atoms with van der Waals surface area (Å²) in [5, 5.41) is 3.30. The normalized spacial score (nSPS) is 23.0. The minimum absolute atomic E-state index is 0.0322. The van der Waals surface area contributed by atoms with Gasteiger partial charge in [-0.2, -0.15) is 0 Å². The van der Waals surface area contributed by atoms with Gasteiger partial charge in [0.25, 0.3) is 0 Å². The number of carbonyl (C=O) groups is 1. The van der Waals surface area contributed by atoms with Crippen LogP contribution in [-0.4, -0.2) is 55.5 Å². The summed E-state index contributed by atoms with van der Waals surface area (Å²) < 4.78 is 5.28. The van der Waals surface area contributed by atoms with Crippen LogP contribution in [0, 0.1) is 0 Å². The van der Waals surface area contributed by atoms with Gasteiger partial charge in [-0.1, -0.05) is 12.1 Å². The Balaban J connectivity index is 1.68. The van der Waals surface area contributed by atoms with Crippen LogP contribution in [0.25, 0.3) is 0 Å². The Morgan fingerprint density at radius 1 is 1.29 bits per heavy atom. The van der Waals surface area contributed by atoms with Gasteiger partial charge in [-0.3, -0.25) is 10.1 Å². The average Bonchev–Trinajstić information content (AvgIpc) is 3.15. The lowest BCUT2D eigenvalue weighted by molar-refractivity contribution is -0.128. The second-order valence-electron chi connectivity index (χ2n) is 5.70. The van der Waals surface area contributed by atoms with E-state index in [4.69, 9.17) is 4.74 Å². The minimum atomic E-state index is -0.0322. The van der Waals surface area contributed by atoms with Gasteiger partial charge >= 0.3 is 0 Å². The van der Waals surface area contributed by atoms with Crippen molar-refractivity contribution in [2.75, 3.05) is 39.8 Å². The van der Waals surface area contributed by atoms with Crippen molar-refractivity contribution in [1.29, 1.82) is 0 Å². The highest BCUT2D eigenvalue weighted by Gasteiger charge is 2.31. The molecule has 2 aliphatic heterocycles. The zero-order chi connectivity index (χ0) is 14.7. The van der Waals surface area contributed by atoms with E-state index < -0.39 is 0 Å². The molecule has 0 radical (unpaired) electrons. The molecule has 0 aliphatic carbocycles. The summed E-state index contributed by atoms with van der Waals surface area (Å²) in [6, 6.07) is 7.94. The Labute approximate surface area is 125 Å². The van der Waals surface area contributed by atoms with E-state index in [1.165, 1.54) is 25.9 Å². The highest BCUT2D eigenvalue weighted by Crippen LogP contribution is 2.25. The van der Waals surface area contributed by atoms with E-state index in [2.05, 4.69) is 10.2 Å². The predicted octanol–water partition coefficient (Wildman–Crippen LogP) is 1.22. The van der Waals surface area contributed by atoms with E-state index in [0.29, 0.717) is 6.54 Å². The van der Waals surface area contributed by atoms with Gasteiger partial charge in [-0.15, -0.1) is 0 Å². The highest BCUT2D eigenvalue weighted by atomic mass is 16.5. The van der Waals surface area contributed by atoms with Gasteiger partial charge in [0.1, 0.15) is 11.9 Å². The van der Waals surface area contributed by atoms with Gasteiger partial charge in [0.05, 0.1) is 13.7 Å². The summed E-state index contributed by atoms with van der Waals surface area (Å²) in [6.07, 6.45) is 2.53. The van der Waals surface area contributed by atoms with Crippen LogP contribution in [0.1, 0.15) is 24.6 Å². The number of hydrogen-bond donors (Lipinski definition) is 1. The van der Waals surface area contributed by atoms with Gasteiger partial charge in [0.2, 0.25) is 5.91 Å². The number of benzene rings is 1. The third-order valence-electron chi connectivity index (χ3n) is 4.34. The Hall–Kier alpha value is -1.59. The molecule has 0 spiro atoms. The number of rotatable bonds is 5. The molecule has 1 unspecified atom stereocenters. The number of ether oxygens (including phenoxy) is 1. The fraction of sp³-hybridized carbons (Fsp3) is 0.562. The van der Waals surface area contributed by atoms with Crippen LogP contribution in [0.5, 0.6) is 5.75 Å². The zero-order valence-electron chi connectivity index (χ0n) is 12.5. The molecular formula is C16H23N3O2. The van der Waals surface area contributed by atoms with Crippen LogP contribution >= 0.6 is 0 Å². The molecule has 2 heterocycles.